The molecule has 0 saturated heterocycles. The molecule has 0 saturated carbocycles. The molecule has 0 fully saturated rings. The van der Waals surface area contributed by atoms with Gasteiger partial charge in [-0.2, -0.15) is 0 Å². The van der Waals surface area contributed by atoms with Crippen LogP contribution in [-0.2, 0) is 4.79 Å². The number of rotatable bonds is 4. The third kappa shape index (κ3) is 2.97. The van der Waals surface area contributed by atoms with Gasteiger partial charge < -0.3 is 9.84 Å². The highest BCUT2D eigenvalue weighted by Gasteiger charge is 2.26. The fourth-order valence-electron chi connectivity index (χ4n) is 3.88. The molecule has 0 aliphatic heterocycles. The van der Waals surface area contributed by atoms with E-state index in [1.807, 2.05) is 49.4 Å². The van der Waals surface area contributed by atoms with Crippen LogP contribution in [0, 0.1) is 5.82 Å². The minimum atomic E-state index is -0.937. The molecule has 0 unspecified atom stereocenters. The van der Waals surface area contributed by atoms with Gasteiger partial charge in [-0.3, -0.25) is 4.79 Å². The topological polar surface area (TPSA) is 46.5 Å². The zero-order valence-corrected chi connectivity index (χ0v) is 15.6. The maximum atomic E-state index is 13.9. The number of ether oxygens (including phenoxy) is 1. The SMILES string of the molecule is COc1ccc2ccccc2c1/C=C1/C(C)=C(CC(=O)O)c2cc(F)ccc21. The minimum absolute atomic E-state index is 0.147. The monoisotopic (exact) mass is 374 g/mol. The van der Waals surface area contributed by atoms with Gasteiger partial charge in [-0.05, 0) is 69.8 Å². The van der Waals surface area contributed by atoms with Crippen molar-refractivity contribution in [2.75, 3.05) is 7.11 Å². The van der Waals surface area contributed by atoms with Crippen molar-refractivity contribution >= 4 is 34.0 Å². The Morgan fingerprint density at radius 2 is 1.89 bits per heavy atom. The number of methoxy groups -OCH3 is 1. The van der Waals surface area contributed by atoms with Crippen LogP contribution in [0.4, 0.5) is 4.39 Å². The number of carboxylic acids is 1. The average molecular weight is 374 g/mol. The molecule has 0 radical (unpaired) electrons. The van der Waals surface area contributed by atoms with Crippen molar-refractivity contribution < 1.29 is 19.0 Å². The highest BCUT2D eigenvalue weighted by atomic mass is 19.1. The number of hydrogen-bond donors (Lipinski definition) is 1. The van der Waals surface area contributed by atoms with Crippen LogP contribution in [0.1, 0.15) is 30.0 Å². The second-order valence-corrected chi connectivity index (χ2v) is 6.82. The molecule has 0 heterocycles. The smallest absolute Gasteiger partial charge is 0.307 e. The van der Waals surface area contributed by atoms with E-state index in [4.69, 9.17) is 4.74 Å². The zero-order valence-electron chi connectivity index (χ0n) is 15.6. The molecule has 1 aliphatic rings. The number of hydrogen-bond acceptors (Lipinski definition) is 2. The maximum Gasteiger partial charge on any atom is 0.307 e. The summed E-state index contributed by atoms with van der Waals surface area (Å²) in [4.78, 5) is 11.4. The molecule has 4 heteroatoms. The molecule has 0 aromatic heterocycles. The summed E-state index contributed by atoms with van der Waals surface area (Å²) in [5, 5.41) is 11.4. The molecule has 0 spiro atoms. The van der Waals surface area contributed by atoms with Gasteiger partial charge in [-0.25, -0.2) is 4.39 Å². The van der Waals surface area contributed by atoms with Crippen molar-refractivity contribution in [3.8, 4) is 5.75 Å². The van der Waals surface area contributed by atoms with E-state index in [-0.39, 0.29) is 12.2 Å². The van der Waals surface area contributed by atoms with Crippen LogP contribution in [0.25, 0.3) is 28.0 Å². The Balaban J connectivity index is 1.99. The van der Waals surface area contributed by atoms with Crippen molar-refractivity contribution in [3.63, 3.8) is 0 Å². The Hall–Kier alpha value is -3.40. The van der Waals surface area contributed by atoms with Crippen molar-refractivity contribution in [1.82, 2.24) is 0 Å². The van der Waals surface area contributed by atoms with Crippen molar-refractivity contribution in [2.24, 2.45) is 0 Å². The van der Waals surface area contributed by atoms with E-state index in [0.717, 1.165) is 38.8 Å². The van der Waals surface area contributed by atoms with Crippen LogP contribution < -0.4 is 4.74 Å². The van der Waals surface area contributed by atoms with Crippen LogP contribution in [-0.4, -0.2) is 18.2 Å². The fourth-order valence-corrected chi connectivity index (χ4v) is 3.88. The van der Waals surface area contributed by atoms with Crippen LogP contribution >= 0.6 is 0 Å². The number of aliphatic carboxylic acids is 1. The number of fused-ring (bicyclic) bond motifs is 2. The molecule has 0 bridgehead atoms. The van der Waals surface area contributed by atoms with E-state index >= 15 is 0 Å². The Kier molecular flexibility index (Phi) is 4.47. The van der Waals surface area contributed by atoms with Gasteiger partial charge in [0.25, 0.3) is 0 Å². The van der Waals surface area contributed by atoms with Crippen molar-refractivity contribution in [2.45, 2.75) is 13.3 Å². The summed E-state index contributed by atoms with van der Waals surface area (Å²) in [6, 6.07) is 16.5. The van der Waals surface area contributed by atoms with Crippen LogP contribution in [0.2, 0.25) is 0 Å². The van der Waals surface area contributed by atoms with Crippen LogP contribution in [0.5, 0.6) is 5.75 Å². The Labute approximate surface area is 162 Å². The first-order chi connectivity index (χ1) is 13.5. The van der Waals surface area contributed by atoms with Gasteiger partial charge in [0.05, 0.1) is 13.5 Å². The number of carboxylic acid groups (broad SMARTS) is 1. The highest BCUT2D eigenvalue weighted by Crippen LogP contribution is 2.45. The van der Waals surface area contributed by atoms with E-state index in [9.17, 15) is 14.3 Å². The molecule has 1 aliphatic carbocycles. The third-order valence-corrected chi connectivity index (χ3v) is 5.22. The molecule has 3 aromatic carbocycles. The first kappa shape index (κ1) is 18.0. The molecule has 1 N–H and O–H groups in total. The summed E-state index contributed by atoms with van der Waals surface area (Å²) in [7, 11) is 1.63. The minimum Gasteiger partial charge on any atom is -0.496 e. The first-order valence-corrected chi connectivity index (χ1v) is 8.99. The van der Waals surface area contributed by atoms with Gasteiger partial charge in [-0.15, -0.1) is 0 Å². The van der Waals surface area contributed by atoms with E-state index in [1.165, 1.54) is 12.1 Å². The molecule has 3 nitrogen and oxygen atoms in total. The predicted octanol–water partition coefficient (Wildman–Crippen LogP) is 5.79. The quantitative estimate of drug-likeness (QED) is 0.629. The standard InChI is InChI=1S/C24H19FO3/c1-14-19(18-9-8-16(25)11-21(18)20(14)13-24(26)27)12-22-17-6-4-3-5-15(17)7-10-23(22)28-2/h3-12H,13H2,1-2H3,(H,26,27)/b19-12-. The number of allylic oxidation sites excluding steroid dienone is 2. The molecule has 0 amide bonds. The molecule has 140 valence electrons. The molecular formula is C24H19FO3. The summed E-state index contributed by atoms with van der Waals surface area (Å²) >= 11 is 0. The summed E-state index contributed by atoms with van der Waals surface area (Å²) in [6.07, 6.45) is 1.87. The van der Waals surface area contributed by atoms with E-state index < -0.39 is 5.97 Å². The lowest BCUT2D eigenvalue weighted by Gasteiger charge is -2.11. The lowest BCUT2D eigenvalue weighted by atomic mass is 9.97. The molecular weight excluding hydrogens is 355 g/mol. The Morgan fingerprint density at radius 3 is 2.64 bits per heavy atom. The summed E-state index contributed by atoms with van der Waals surface area (Å²) in [5.41, 5.74) is 4.78. The largest absolute Gasteiger partial charge is 0.496 e. The van der Waals surface area contributed by atoms with Gasteiger partial charge in [0.1, 0.15) is 11.6 Å². The van der Waals surface area contributed by atoms with E-state index in [0.29, 0.717) is 11.1 Å². The average Bonchev–Trinajstić information content (AvgIpc) is 2.93. The van der Waals surface area contributed by atoms with Gasteiger partial charge in [0, 0.05) is 5.56 Å². The Bertz CT molecular complexity index is 1170. The number of carbonyl (C=O) groups is 1. The lowest BCUT2D eigenvalue weighted by Crippen LogP contribution is -1.97. The first-order valence-electron chi connectivity index (χ1n) is 8.99. The van der Waals surface area contributed by atoms with Gasteiger partial charge in [0.15, 0.2) is 0 Å². The van der Waals surface area contributed by atoms with Gasteiger partial charge >= 0.3 is 5.97 Å². The molecule has 28 heavy (non-hydrogen) atoms. The van der Waals surface area contributed by atoms with Crippen molar-refractivity contribution in [3.05, 3.63) is 82.7 Å². The predicted molar refractivity (Wildman–Crippen MR) is 110 cm³/mol. The van der Waals surface area contributed by atoms with E-state index in [2.05, 4.69) is 0 Å². The Morgan fingerprint density at radius 1 is 1.11 bits per heavy atom. The highest BCUT2D eigenvalue weighted by molar-refractivity contribution is 6.10. The second kappa shape index (κ2) is 6.97. The molecule has 4 rings (SSSR count). The molecule has 3 aromatic rings. The normalized spacial score (nSPS) is 14.6. The zero-order chi connectivity index (χ0) is 19.8. The van der Waals surface area contributed by atoms with E-state index in [1.54, 1.807) is 13.2 Å². The van der Waals surface area contributed by atoms with Crippen LogP contribution in [0.3, 0.4) is 0 Å². The number of benzene rings is 3. The maximum absolute atomic E-state index is 13.9. The van der Waals surface area contributed by atoms with Gasteiger partial charge in [-0.1, -0.05) is 36.4 Å². The van der Waals surface area contributed by atoms with Crippen molar-refractivity contribution in [1.29, 1.82) is 0 Å². The summed E-state index contributed by atoms with van der Waals surface area (Å²) in [5.74, 6) is -0.582. The summed E-state index contributed by atoms with van der Waals surface area (Å²) < 4.78 is 19.5. The second-order valence-electron chi connectivity index (χ2n) is 6.82. The lowest BCUT2D eigenvalue weighted by molar-refractivity contribution is -0.135. The third-order valence-electron chi connectivity index (χ3n) is 5.22. The summed E-state index contributed by atoms with van der Waals surface area (Å²) in [6.45, 7) is 1.89. The van der Waals surface area contributed by atoms with Crippen LogP contribution in [0.15, 0.2) is 60.2 Å². The number of halogens is 1. The molecule has 0 atom stereocenters. The fraction of sp³-hybridized carbons (Fsp3) is 0.125. The van der Waals surface area contributed by atoms with Gasteiger partial charge in [0.2, 0.25) is 0 Å².